The molecule has 1 amide bonds. The monoisotopic (exact) mass is 289 g/mol. The van der Waals surface area contributed by atoms with Gasteiger partial charge in [-0.1, -0.05) is 36.8 Å². The van der Waals surface area contributed by atoms with E-state index in [-0.39, 0.29) is 5.91 Å². The number of nitrogens with two attached hydrogens (primary N) is 1. The van der Waals surface area contributed by atoms with E-state index in [2.05, 4.69) is 17.1 Å². The predicted octanol–water partition coefficient (Wildman–Crippen LogP) is 1.55. The van der Waals surface area contributed by atoms with Gasteiger partial charge < -0.3 is 11.1 Å². The van der Waals surface area contributed by atoms with Crippen molar-refractivity contribution in [3.8, 4) is 0 Å². The van der Waals surface area contributed by atoms with Crippen LogP contribution in [0.25, 0.3) is 0 Å². The highest BCUT2D eigenvalue weighted by molar-refractivity contribution is 5.81. The molecule has 1 aromatic rings. The normalized spacial score (nSPS) is 19.0. The van der Waals surface area contributed by atoms with Gasteiger partial charge in [0, 0.05) is 12.6 Å². The number of likely N-dealkylation sites (tertiary alicyclic amines) is 1. The molecule has 1 aliphatic rings. The SMILES string of the molecule is CC(CNC(=O)C(N)Cc1ccccc1)N1CCCCC1. The van der Waals surface area contributed by atoms with Gasteiger partial charge in [-0.15, -0.1) is 0 Å². The number of amides is 1. The Morgan fingerprint density at radius 1 is 1.24 bits per heavy atom. The first-order chi connectivity index (χ1) is 10.2. The molecule has 2 atom stereocenters. The van der Waals surface area contributed by atoms with Crippen LogP contribution in [0.1, 0.15) is 31.7 Å². The fourth-order valence-electron chi connectivity index (χ4n) is 2.83. The maximum absolute atomic E-state index is 12.1. The average Bonchev–Trinajstić information content (AvgIpc) is 2.54. The maximum Gasteiger partial charge on any atom is 0.237 e. The van der Waals surface area contributed by atoms with Gasteiger partial charge in [0.1, 0.15) is 0 Å². The maximum atomic E-state index is 12.1. The minimum absolute atomic E-state index is 0.0530. The zero-order chi connectivity index (χ0) is 15.1. The molecule has 1 heterocycles. The van der Waals surface area contributed by atoms with E-state index in [0.717, 1.165) is 18.7 Å². The number of rotatable bonds is 6. The Kier molecular flexibility index (Phi) is 6.21. The standard InChI is InChI=1S/C17H27N3O/c1-14(20-10-6-3-7-11-20)13-19-17(21)16(18)12-15-8-4-2-5-9-15/h2,4-5,8-9,14,16H,3,6-7,10-13,18H2,1H3,(H,19,21). The zero-order valence-corrected chi connectivity index (χ0v) is 12.9. The van der Waals surface area contributed by atoms with Crippen LogP contribution in [0.3, 0.4) is 0 Å². The molecule has 2 rings (SSSR count). The van der Waals surface area contributed by atoms with E-state index < -0.39 is 6.04 Å². The topological polar surface area (TPSA) is 58.4 Å². The van der Waals surface area contributed by atoms with Crippen molar-refractivity contribution in [2.75, 3.05) is 19.6 Å². The molecule has 0 aliphatic carbocycles. The second-order valence-electron chi connectivity index (χ2n) is 5.99. The Morgan fingerprint density at radius 3 is 2.57 bits per heavy atom. The van der Waals surface area contributed by atoms with E-state index >= 15 is 0 Å². The highest BCUT2D eigenvalue weighted by Crippen LogP contribution is 2.11. The molecule has 0 radical (unpaired) electrons. The van der Waals surface area contributed by atoms with E-state index in [1.165, 1.54) is 19.3 Å². The van der Waals surface area contributed by atoms with Crippen molar-refractivity contribution in [2.24, 2.45) is 5.73 Å². The van der Waals surface area contributed by atoms with Crippen molar-refractivity contribution in [2.45, 2.75) is 44.7 Å². The van der Waals surface area contributed by atoms with Gasteiger partial charge in [0.25, 0.3) is 0 Å². The third-order valence-corrected chi connectivity index (χ3v) is 4.22. The average molecular weight is 289 g/mol. The lowest BCUT2D eigenvalue weighted by Crippen LogP contribution is -2.48. The zero-order valence-electron chi connectivity index (χ0n) is 12.9. The molecule has 0 spiro atoms. The van der Waals surface area contributed by atoms with Gasteiger partial charge in [0.15, 0.2) is 0 Å². The molecule has 4 nitrogen and oxygen atoms in total. The van der Waals surface area contributed by atoms with Crippen molar-refractivity contribution in [1.82, 2.24) is 10.2 Å². The first-order valence-electron chi connectivity index (χ1n) is 7.98. The fourth-order valence-corrected chi connectivity index (χ4v) is 2.83. The molecule has 21 heavy (non-hydrogen) atoms. The van der Waals surface area contributed by atoms with Crippen LogP contribution in [0.2, 0.25) is 0 Å². The first-order valence-corrected chi connectivity index (χ1v) is 7.98. The lowest BCUT2D eigenvalue weighted by molar-refractivity contribution is -0.122. The number of carbonyl (C=O) groups is 1. The lowest BCUT2D eigenvalue weighted by Gasteiger charge is -2.32. The van der Waals surface area contributed by atoms with Gasteiger partial charge in [-0.2, -0.15) is 0 Å². The fraction of sp³-hybridized carbons (Fsp3) is 0.588. The highest BCUT2D eigenvalue weighted by Gasteiger charge is 2.19. The van der Waals surface area contributed by atoms with E-state index in [0.29, 0.717) is 19.0 Å². The molecule has 3 N–H and O–H groups in total. The summed E-state index contributed by atoms with van der Waals surface area (Å²) in [5.41, 5.74) is 7.09. The Balaban J connectivity index is 1.73. The Hall–Kier alpha value is -1.39. The number of nitrogens with zero attached hydrogens (tertiary/aromatic N) is 1. The summed E-state index contributed by atoms with van der Waals surface area (Å²) >= 11 is 0. The van der Waals surface area contributed by atoms with Crippen molar-refractivity contribution in [3.63, 3.8) is 0 Å². The molecule has 116 valence electrons. The second kappa shape index (κ2) is 8.15. The molecular weight excluding hydrogens is 262 g/mol. The Morgan fingerprint density at radius 2 is 1.90 bits per heavy atom. The summed E-state index contributed by atoms with van der Waals surface area (Å²) in [6, 6.07) is 9.83. The number of carbonyl (C=O) groups excluding carboxylic acids is 1. The third kappa shape index (κ3) is 5.14. The number of piperidine rings is 1. The summed E-state index contributed by atoms with van der Waals surface area (Å²) in [7, 11) is 0. The van der Waals surface area contributed by atoms with Crippen LogP contribution in [-0.2, 0) is 11.2 Å². The van der Waals surface area contributed by atoms with Gasteiger partial charge in [0.2, 0.25) is 5.91 Å². The minimum atomic E-state index is -0.471. The van der Waals surface area contributed by atoms with Crippen molar-refractivity contribution >= 4 is 5.91 Å². The highest BCUT2D eigenvalue weighted by atomic mass is 16.2. The molecular formula is C17H27N3O. The summed E-state index contributed by atoms with van der Waals surface area (Å²) < 4.78 is 0. The number of nitrogens with one attached hydrogen (secondary N) is 1. The van der Waals surface area contributed by atoms with Crippen LogP contribution in [0, 0.1) is 0 Å². The van der Waals surface area contributed by atoms with Gasteiger partial charge in [-0.05, 0) is 44.8 Å². The smallest absolute Gasteiger partial charge is 0.237 e. The van der Waals surface area contributed by atoms with Crippen LogP contribution in [-0.4, -0.2) is 42.5 Å². The van der Waals surface area contributed by atoms with Crippen LogP contribution >= 0.6 is 0 Å². The molecule has 0 aromatic heterocycles. The molecule has 1 aromatic carbocycles. The largest absolute Gasteiger partial charge is 0.353 e. The Bertz CT molecular complexity index is 429. The van der Waals surface area contributed by atoms with Crippen LogP contribution in [0.5, 0.6) is 0 Å². The third-order valence-electron chi connectivity index (χ3n) is 4.22. The van der Waals surface area contributed by atoms with Gasteiger partial charge >= 0.3 is 0 Å². The van der Waals surface area contributed by atoms with E-state index in [4.69, 9.17) is 5.73 Å². The Labute approximate surface area is 127 Å². The first kappa shape index (κ1) is 16.0. The summed E-state index contributed by atoms with van der Waals surface area (Å²) in [6.45, 7) is 5.15. The van der Waals surface area contributed by atoms with Crippen LogP contribution < -0.4 is 11.1 Å². The molecule has 1 saturated heterocycles. The minimum Gasteiger partial charge on any atom is -0.353 e. The summed E-state index contributed by atoms with van der Waals surface area (Å²) in [4.78, 5) is 14.5. The lowest BCUT2D eigenvalue weighted by atomic mass is 10.1. The van der Waals surface area contributed by atoms with Gasteiger partial charge in [-0.25, -0.2) is 0 Å². The molecule has 0 bridgehead atoms. The molecule has 4 heteroatoms. The second-order valence-corrected chi connectivity index (χ2v) is 5.99. The molecule has 1 aliphatic heterocycles. The van der Waals surface area contributed by atoms with E-state index in [9.17, 15) is 4.79 Å². The number of benzene rings is 1. The molecule has 1 fully saturated rings. The summed E-state index contributed by atoms with van der Waals surface area (Å²) in [5, 5.41) is 2.99. The van der Waals surface area contributed by atoms with Crippen LogP contribution in [0.4, 0.5) is 0 Å². The van der Waals surface area contributed by atoms with Crippen molar-refractivity contribution in [1.29, 1.82) is 0 Å². The quantitative estimate of drug-likeness (QED) is 0.835. The predicted molar refractivity (Wildman–Crippen MR) is 86.0 cm³/mol. The van der Waals surface area contributed by atoms with Crippen molar-refractivity contribution in [3.05, 3.63) is 35.9 Å². The van der Waals surface area contributed by atoms with Gasteiger partial charge in [-0.3, -0.25) is 9.69 Å². The number of hydrogen-bond acceptors (Lipinski definition) is 3. The number of hydrogen-bond donors (Lipinski definition) is 2. The van der Waals surface area contributed by atoms with Gasteiger partial charge in [0.05, 0.1) is 6.04 Å². The van der Waals surface area contributed by atoms with E-state index in [1.54, 1.807) is 0 Å². The van der Waals surface area contributed by atoms with E-state index in [1.807, 2.05) is 30.3 Å². The van der Waals surface area contributed by atoms with Crippen LogP contribution in [0.15, 0.2) is 30.3 Å². The summed E-state index contributed by atoms with van der Waals surface area (Å²) in [5.74, 6) is -0.0530. The molecule has 2 unspecified atom stereocenters. The van der Waals surface area contributed by atoms with Crippen molar-refractivity contribution < 1.29 is 4.79 Å². The molecule has 0 saturated carbocycles. The summed E-state index contributed by atoms with van der Waals surface area (Å²) in [6.07, 6.45) is 4.46.